The fourth-order valence-corrected chi connectivity index (χ4v) is 1.67. The van der Waals surface area contributed by atoms with Gasteiger partial charge in [0.1, 0.15) is 0 Å². The predicted molar refractivity (Wildman–Crippen MR) is 83.5 cm³/mol. The summed E-state index contributed by atoms with van der Waals surface area (Å²) < 4.78 is 0. The lowest BCUT2D eigenvalue weighted by Gasteiger charge is -1.97. The average molecular weight is 251 g/mol. The fourth-order valence-electron chi connectivity index (χ4n) is 1.67. The van der Waals surface area contributed by atoms with Crippen molar-refractivity contribution in [3.8, 4) is 11.8 Å². The third-order valence-electron chi connectivity index (χ3n) is 2.76. The number of allylic oxidation sites excluding steroid dienone is 4. The summed E-state index contributed by atoms with van der Waals surface area (Å²) in [6.45, 7) is 3.88. The second-order valence-electron chi connectivity index (χ2n) is 4.42. The van der Waals surface area contributed by atoms with Crippen molar-refractivity contribution in [3.05, 3.63) is 59.2 Å². The van der Waals surface area contributed by atoms with Gasteiger partial charge in [0.2, 0.25) is 0 Å². The van der Waals surface area contributed by atoms with Gasteiger partial charge in [0.15, 0.2) is 0 Å². The van der Waals surface area contributed by atoms with Crippen LogP contribution in [0.2, 0.25) is 0 Å². The Morgan fingerprint density at radius 1 is 1.26 bits per heavy atom. The van der Waals surface area contributed by atoms with Crippen molar-refractivity contribution in [1.82, 2.24) is 0 Å². The highest BCUT2D eigenvalue weighted by Crippen LogP contribution is 2.04. The molecule has 0 aliphatic rings. The molecule has 1 nitrogen and oxygen atoms in total. The van der Waals surface area contributed by atoms with Gasteiger partial charge in [-0.2, -0.15) is 0 Å². The van der Waals surface area contributed by atoms with Gasteiger partial charge in [-0.3, -0.25) is 0 Å². The van der Waals surface area contributed by atoms with E-state index in [9.17, 15) is 0 Å². The monoisotopic (exact) mass is 251 g/mol. The summed E-state index contributed by atoms with van der Waals surface area (Å²) in [5, 5.41) is 7.15. The van der Waals surface area contributed by atoms with Crippen molar-refractivity contribution in [1.29, 1.82) is 5.41 Å². The van der Waals surface area contributed by atoms with Gasteiger partial charge < -0.3 is 5.41 Å². The topological polar surface area (TPSA) is 23.9 Å². The molecule has 1 aromatic carbocycles. The maximum Gasteiger partial charge on any atom is 0.0207 e. The van der Waals surface area contributed by atoms with Crippen LogP contribution in [0.5, 0.6) is 0 Å². The van der Waals surface area contributed by atoms with Crippen LogP contribution in [0.15, 0.2) is 53.6 Å². The minimum Gasteiger partial charge on any atom is -0.308 e. The first-order valence-corrected chi connectivity index (χ1v) is 6.64. The molecule has 0 aromatic heterocycles. The predicted octanol–water partition coefficient (Wildman–Crippen LogP) is 4.55. The molecule has 0 amide bonds. The lowest BCUT2D eigenvalue weighted by atomic mass is 10.1. The molecule has 0 unspecified atom stereocenters. The smallest absolute Gasteiger partial charge is 0.0207 e. The van der Waals surface area contributed by atoms with E-state index < -0.39 is 0 Å². The summed E-state index contributed by atoms with van der Waals surface area (Å²) in [5.74, 6) is 6.35. The van der Waals surface area contributed by atoms with Crippen LogP contribution in [0, 0.1) is 17.3 Å². The first-order valence-electron chi connectivity index (χ1n) is 6.64. The van der Waals surface area contributed by atoms with E-state index in [0.29, 0.717) is 0 Å². The van der Waals surface area contributed by atoms with Gasteiger partial charge in [0, 0.05) is 18.2 Å². The van der Waals surface area contributed by atoms with Crippen molar-refractivity contribution in [2.45, 2.75) is 33.1 Å². The quantitative estimate of drug-likeness (QED) is 0.343. The van der Waals surface area contributed by atoms with Crippen LogP contribution >= 0.6 is 0 Å². The van der Waals surface area contributed by atoms with Crippen molar-refractivity contribution in [2.75, 3.05) is 0 Å². The molecule has 0 fully saturated rings. The van der Waals surface area contributed by atoms with Gasteiger partial charge in [-0.1, -0.05) is 48.2 Å². The van der Waals surface area contributed by atoms with Crippen molar-refractivity contribution in [2.24, 2.45) is 0 Å². The van der Waals surface area contributed by atoms with Gasteiger partial charge in [0.05, 0.1) is 0 Å². The highest BCUT2D eigenvalue weighted by atomic mass is 14.3. The van der Waals surface area contributed by atoms with Crippen LogP contribution in [0.1, 0.15) is 32.3 Å². The third-order valence-corrected chi connectivity index (χ3v) is 2.76. The van der Waals surface area contributed by atoms with Crippen molar-refractivity contribution < 1.29 is 0 Å². The Labute approximate surface area is 116 Å². The molecule has 1 heteroatoms. The van der Waals surface area contributed by atoms with Crippen molar-refractivity contribution in [3.63, 3.8) is 0 Å². The van der Waals surface area contributed by atoms with E-state index in [2.05, 4.69) is 36.1 Å². The average Bonchev–Trinajstić information content (AvgIpc) is 2.46. The summed E-state index contributed by atoms with van der Waals surface area (Å²) >= 11 is 0. The summed E-state index contributed by atoms with van der Waals surface area (Å²) in [6.07, 6.45) is 8.34. The molecule has 0 saturated heterocycles. The molecule has 98 valence electrons. The van der Waals surface area contributed by atoms with Gasteiger partial charge in [-0.25, -0.2) is 0 Å². The summed E-state index contributed by atoms with van der Waals surface area (Å²) in [5.41, 5.74) is 3.28. The van der Waals surface area contributed by atoms with E-state index in [1.54, 1.807) is 0 Å². The Kier molecular flexibility index (Phi) is 7.05. The summed E-state index contributed by atoms with van der Waals surface area (Å²) in [7, 11) is 0. The van der Waals surface area contributed by atoms with Gasteiger partial charge in [-0.15, -0.1) is 0 Å². The maximum atomic E-state index is 7.15. The Hall–Kier alpha value is -2.07. The molecule has 19 heavy (non-hydrogen) atoms. The number of rotatable bonds is 5. The Morgan fingerprint density at radius 2 is 2.00 bits per heavy atom. The molecular formula is C18H21N. The molecule has 0 atom stereocenters. The lowest BCUT2D eigenvalue weighted by Crippen LogP contribution is -1.83. The summed E-state index contributed by atoms with van der Waals surface area (Å²) in [4.78, 5) is 0. The van der Waals surface area contributed by atoms with Crippen LogP contribution in [0.3, 0.4) is 0 Å². The molecule has 0 aliphatic carbocycles. The first kappa shape index (κ1) is 15.0. The molecule has 0 bridgehead atoms. The fraction of sp³-hybridized carbons (Fsp3) is 0.278. The van der Waals surface area contributed by atoms with E-state index in [4.69, 9.17) is 5.41 Å². The second kappa shape index (κ2) is 8.94. The standard InChI is InChI=1S/C18H21N/c1-3-17(14-16(2)15-19)10-6-4-7-11-18-12-8-5-9-13-18/h3,5,8-9,12-15,19H,4,7,11H2,1-2H3/b16-14+,17-3-,19-15?. The second-order valence-corrected chi connectivity index (χ2v) is 4.42. The molecule has 0 aliphatic heterocycles. The lowest BCUT2D eigenvalue weighted by molar-refractivity contribution is 0.858. The molecule has 0 spiro atoms. The SMILES string of the molecule is C/C=C(C#CCCCc1ccccc1)\C=C(/C)C=N. The Bertz CT molecular complexity index is 510. The molecule has 0 saturated carbocycles. The molecule has 1 rings (SSSR count). The minimum absolute atomic E-state index is 0.906. The van der Waals surface area contributed by atoms with E-state index >= 15 is 0 Å². The van der Waals surface area contributed by atoms with Gasteiger partial charge in [0.25, 0.3) is 0 Å². The maximum absolute atomic E-state index is 7.15. The number of aryl methyl sites for hydroxylation is 1. The number of benzene rings is 1. The van der Waals surface area contributed by atoms with Crippen LogP contribution in [-0.2, 0) is 6.42 Å². The van der Waals surface area contributed by atoms with Crippen LogP contribution in [0.4, 0.5) is 0 Å². The van der Waals surface area contributed by atoms with E-state index in [1.165, 1.54) is 11.8 Å². The van der Waals surface area contributed by atoms with Gasteiger partial charge >= 0.3 is 0 Å². The Balaban J connectivity index is 2.41. The largest absolute Gasteiger partial charge is 0.308 e. The first-order chi connectivity index (χ1) is 9.26. The van der Waals surface area contributed by atoms with Crippen LogP contribution in [0.25, 0.3) is 0 Å². The number of unbranched alkanes of at least 4 members (excludes halogenated alkanes) is 1. The van der Waals surface area contributed by atoms with Crippen LogP contribution < -0.4 is 0 Å². The third kappa shape index (κ3) is 6.43. The number of hydrogen-bond donors (Lipinski definition) is 1. The van der Waals surface area contributed by atoms with Crippen LogP contribution in [-0.4, -0.2) is 6.21 Å². The molecular weight excluding hydrogens is 230 g/mol. The molecule has 1 N–H and O–H groups in total. The van der Waals surface area contributed by atoms with Crippen molar-refractivity contribution >= 4 is 6.21 Å². The highest BCUT2D eigenvalue weighted by Gasteiger charge is 1.90. The number of hydrogen-bond acceptors (Lipinski definition) is 1. The molecule has 0 radical (unpaired) electrons. The summed E-state index contributed by atoms with van der Waals surface area (Å²) in [6, 6.07) is 10.5. The number of nitrogens with one attached hydrogen (secondary N) is 1. The highest BCUT2D eigenvalue weighted by molar-refractivity contribution is 5.76. The van der Waals surface area contributed by atoms with E-state index in [1.807, 2.05) is 32.1 Å². The van der Waals surface area contributed by atoms with E-state index in [-0.39, 0.29) is 0 Å². The minimum atomic E-state index is 0.906. The van der Waals surface area contributed by atoms with E-state index in [0.717, 1.165) is 30.4 Å². The zero-order valence-corrected chi connectivity index (χ0v) is 11.7. The Morgan fingerprint density at radius 3 is 2.63 bits per heavy atom. The zero-order chi connectivity index (χ0) is 13.9. The normalized spacial score (nSPS) is 11.7. The molecule has 1 aromatic rings. The zero-order valence-electron chi connectivity index (χ0n) is 11.7. The molecule has 0 heterocycles. The van der Waals surface area contributed by atoms with Gasteiger partial charge in [-0.05, 0) is 43.9 Å².